The molecule has 0 aliphatic carbocycles. The van der Waals surface area contributed by atoms with E-state index in [4.69, 9.17) is 28.9 Å². The molecule has 13 heavy (non-hydrogen) atoms. The lowest BCUT2D eigenvalue weighted by atomic mass is 10.1. The first-order chi connectivity index (χ1) is 6.15. The average molecular weight is 219 g/mol. The first kappa shape index (κ1) is 10.8. The minimum atomic E-state index is -0.0882. The minimum Gasteiger partial charge on any atom is -0.323 e. The van der Waals surface area contributed by atoms with Crippen molar-refractivity contribution in [2.75, 3.05) is 13.6 Å². The van der Waals surface area contributed by atoms with Crippen LogP contribution in [0.2, 0.25) is 10.0 Å². The first-order valence-electron chi connectivity index (χ1n) is 4.00. The molecule has 1 aromatic carbocycles. The third-order valence-electron chi connectivity index (χ3n) is 1.79. The molecule has 0 fully saturated rings. The molecule has 3 N–H and O–H groups in total. The van der Waals surface area contributed by atoms with Gasteiger partial charge in [0.05, 0.1) is 0 Å². The molecule has 1 rings (SSSR count). The Hall–Kier alpha value is -0.280. The fraction of sp³-hybridized carbons (Fsp3) is 0.333. The summed E-state index contributed by atoms with van der Waals surface area (Å²) in [4.78, 5) is 0. The van der Waals surface area contributed by atoms with Crippen molar-refractivity contribution in [3.8, 4) is 0 Å². The monoisotopic (exact) mass is 218 g/mol. The quantitative estimate of drug-likeness (QED) is 0.817. The van der Waals surface area contributed by atoms with E-state index in [0.29, 0.717) is 16.6 Å². The van der Waals surface area contributed by atoms with Crippen LogP contribution in [0.4, 0.5) is 0 Å². The zero-order valence-corrected chi connectivity index (χ0v) is 8.86. The maximum Gasteiger partial charge on any atom is 0.0469 e. The van der Waals surface area contributed by atoms with Crippen LogP contribution >= 0.6 is 23.2 Å². The molecule has 0 spiro atoms. The lowest BCUT2D eigenvalue weighted by Crippen LogP contribution is -2.24. The van der Waals surface area contributed by atoms with Crippen LogP contribution < -0.4 is 11.1 Å². The fourth-order valence-corrected chi connectivity index (χ4v) is 1.68. The zero-order chi connectivity index (χ0) is 9.84. The number of hydrogen-bond acceptors (Lipinski definition) is 2. The Kier molecular flexibility index (Phi) is 4.00. The van der Waals surface area contributed by atoms with Gasteiger partial charge in [-0.05, 0) is 24.7 Å². The summed E-state index contributed by atoms with van der Waals surface area (Å²) in [5, 5.41) is 4.24. The van der Waals surface area contributed by atoms with Gasteiger partial charge in [-0.2, -0.15) is 0 Å². The molecule has 4 heteroatoms. The summed E-state index contributed by atoms with van der Waals surface area (Å²) >= 11 is 11.7. The molecule has 1 unspecified atom stereocenters. The molecule has 0 radical (unpaired) electrons. The van der Waals surface area contributed by atoms with Gasteiger partial charge in [0.1, 0.15) is 0 Å². The van der Waals surface area contributed by atoms with Gasteiger partial charge in [-0.15, -0.1) is 0 Å². The van der Waals surface area contributed by atoms with Crippen LogP contribution in [0, 0.1) is 0 Å². The van der Waals surface area contributed by atoms with E-state index >= 15 is 0 Å². The Morgan fingerprint density at radius 3 is 2.69 bits per heavy atom. The first-order valence-corrected chi connectivity index (χ1v) is 4.76. The van der Waals surface area contributed by atoms with E-state index in [-0.39, 0.29) is 6.04 Å². The number of hydrogen-bond donors (Lipinski definition) is 2. The van der Waals surface area contributed by atoms with Crippen molar-refractivity contribution >= 4 is 23.2 Å². The van der Waals surface area contributed by atoms with Crippen molar-refractivity contribution < 1.29 is 0 Å². The van der Waals surface area contributed by atoms with Crippen molar-refractivity contribution in [3.63, 3.8) is 0 Å². The summed E-state index contributed by atoms with van der Waals surface area (Å²) in [7, 11) is 1.85. The van der Waals surface area contributed by atoms with Gasteiger partial charge in [0.15, 0.2) is 0 Å². The van der Waals surface area contributed by atoms with Crippen LogP contribution in [-0.4, -0.2) is 13.6 Å². The van der Waals surface area contributed by atoms with E-state index < -0.39 is 0 Å². The molecular formula is C9H12Cl2N2. The van der Waals surface area contributed by atoms with Gasteiger partial charge in [0.2, 0.25) is 0 Å². The molecule has 0 amide bonds. The summed E-state index contributed by atoms with van der Waals surface area (Å²) in [5.41, 5.74) is 6.78. The summed E-state index contributed by atoms with van der Waals surface area (Å²) in [6.45, 7) is 0.696. The zero-order valence-electron chi connectivity index (χ0n) is 7.35. The number of halogens is 2. The second-order valence-corrected chi connectivity index (χ2v) is 3.67. The van der Waals surface area contributed by atoms with E-state index in [0.717, 1.165) is 5.56 Å². The predicted octanol–water partition coefficient (Wildman–Crippen LogP) is 2.21. The van der Waals surface area contributed by atoms with Crippen molar-refractivity contribution in [1.29, 1.82) is 0 Å². The molecule has 72 valence electrons. The number of benzene rings is 1. The number of likely N-dealkylation sites (N-methyl/N-ethyl adjacent to an activating group) is 1. The van der Waals surface area contributed by atoms with Crippen LogP contribution in [0.3, 0.4) is 0 Å². The summed E-state index contributed by atoms with van der Waals surface area (Å²) < 4.78 is 0. The Bertz CT molecular complexity index is 289. The van der Waals surface area contributed by atoms with Crippen molar-refractivity contribution in [1.82, 2.24) is 5.32 Å². The number of rotatable bonds is 3. The highest BCUT2D eigenvalue weighted by molar-refractivity contribution is 6.35. The Morgan fingerprint density at radius 1 is 1.46 bits per heavy atom. The van der Waals surface area contributed by atoms with E-state index in [1.165, 1.54) is 0 Å². The minimum absolute atomic E-state index is 0.0882. The third-order valence-corrected chi connectivity index (χ3v) is 2.35. The Morgan fingerprint density at radius 2 is 2.15 bits per heavy atom. The molecule has 0 bridgehead atoms. The lowest BCUT2D eigenvalue weighted by molar-refractivity contribution is 0.653. The highest BCUT2D eigenvalue weighted by Gasteiger charge is 2.08. The van der Waals surface area contributed by atoms with Gasteiger partial charge in [-0.1, -0.05) is 29.3 Å². The Labute approximate surface area is 88.0 Å². The molecule has 0 heterocycles. The SMILES string of the molecule is CNCC(N)c1ccc(Cl)cc1Cl. The van der Waals surface area contributed by atoms with E-state index in [1.807, 2.05) is 13.1 Å². The number of nitrogens with two attached hydrogens (primary N) is 1. The molecule has 0 aliphatic heterocycles. The summed E-state index contributed by atoms with van der Waals surface area (Å²) in [6.07, 6.45) is 0. The van der Waals surface area contributed by atoms with Gasteiger partial charge in [-0.3, -0.25) is 0 Å². The molecule has 0 aromatic heterocycles. The van der Waals surface area contributed by atoms with Crippen LogP contribution in [-0.2, 0) is 0 Å². The smallest absolute Gasteiger partial charge is 0.0469 e. The molecular weight excluding hydrogens is 207 g/mol. The van der Waals surface area contributed by atoms with Crippen molar-refractivity contribution in [2.24, 2.45) is 5.73 Å². The van der Waals surface area contributed by atoms with Crippen LogP contribution in [0.15, 0.2) is 18.2 Å². The van der Waals surface area contributed by atoms with Crippen LogP contribution in [0.5, 0.6) is 0 Å². The maximum atomic E-state index is 5.97. The van der Waals surface area contributed by atoms with Crippen molar-refractivity contribution in [3.05, 3.63) is 33.8 Å². The fourth-order valence-electron chi connectivity index (χ4n) is 1.13. The van der Waals surface area contributed by atoms with Crippen molar-refractivity contribution in [2.45, 2.75) is 6.04 Å². The molecule has 1 atom stereocenters. The summed E-state index contributed by atoms with van der Waals surface area (Å²) in [6, 6.07) is 5.26. The van der Waals surface area contributed by atoms with Gasteiger partial charge >= 0.3 is 0 Å². The van der Waals surface area contributed by atoms with E-state index in [1.54, 1.807) is 12.1 Å². The van der Waals surface area contributed by atoms with Crippen LogP contribution in [0.25, 0.3) is 0 Å². The summed E-state index contributed by atoms with van der Waals surface area (Å²) in [5.74, 6) is 0. The normalized spacial score (nSPS) is 12.9. The topological polar surface area (TPSA) is 38.0 Å². The van der Waals surface area contributed by atoms with E-state index in [9.17, 15) is 0 Å². The lowest BCUT2D eigenvalue weighted by Gasteiger charge is -2.12. The van der Waals surface area contributed by atoms with Gasteiger partial charge in [-0.25, -0.2) is 0 Å². The standard InChI is InChI=1S/C9H12Cl2N2/c1-13-5-9(12)7-3-2-6(10)4-8(7)11/h2-4,9,13H,5,12H2,1H3. The van der Waals surface area contributed by atoms with E-state index in [2.05, 4.69) is 5.32 Å². The molecule has 0 aliphatic rings. The van der Waals surface area contributed by atoms with Gasteiger partial charge in [0, 0.05) is 22.6 Å². The van der Waals surface area contributed by atoms with Crippen LogP contribution in [0.1, 0.15) is 11.6 Å². The molecule has 1 aromatic rings. The second-order valence-electron chi connectivity index (χ2n) is 2.83. The third kappa shape index (κ3) is 2.85. The average Bonchev–Trinajstić information content (AvgIpc) is 2.04. The Balaban J connectivity index is 2.88. The predicted molar refractivity (Wildman–Crippen MR) is 57.3 cm³/mol. The molecule has 2 nitrogen and oxygen atoms in total. The second kappa shape index (κ2) is 4.82. The van der Waals surface area contributed by atoms with Gasteiger partial charge in [0.25, 0.3) is 0 Å². The van der Waals surface area contributed by atoms with Gasteiger partial charge < -0.3 is 11.1 Å². The highest BCUT2D eigenvalue weighted by Crippen LogP contribution is 2.24. The molecule has 0 saturated carbocycles. The number of nitrogens with one attached hydrogen (secondary N) is 1. The highest BCUT2D eigenvalue weighted by atomic mass is 35.5. The largest absolute Gasteiger partial charge is 0.323 e. The maximum absolute atomic E-state index is 5.97. The molecule has 0 saturated heterocycles.